The van der Waals surface area contributed by atoms with Crippen LogP contribution in [0.4, 0.5) is 4.39 Å². The van der Waals surface area contributed by atoms with Crippen molar-refractivity contribution in [2.75, 3.05) is 0 Å². The Morgan fingerprint density at radius 1 is 1.46 bits per heavy atom. The molecular weight excluding hydrogens is 235 g/mol. The van der Waals surface area contributed by atoms with E-state index in [2.05, 4.69) is 20.9 Å². The molecule has 0 fully saturated rings. The fraction of sp³-hybridized carbons (Fsp3) is 0.111. The number of hydrogen-bond acceptors (Lipinski definition) is 1. The zero-order chi connectivity index (χ0) is 9.42. The summed E-state index contributed by atoms with van der Waals surface area (Å²) >= 11 is 3.34. The lowest BCUT2D eigenvalue weighted by Gasteiger charge is -1.94. The van der Waals surface area contributed by atoms with Crippen LogP contribution in [0, 0.1) is 5.82 Å². The zero-order valence-electron chi connectivity index (χ0n) is 6.77. The Morgan fingerprint density at radius 3 is 2.92 bits per heavy atom. The van der Waals surface area contributed by atoms with Gasteiger partial charge in [-0.05, 0) is 34.1 Å². The molecule has 13 heavy (non-hydrogen) atoms. The maximum absolute atomic E-state index is 12.9. The molecule has 2 aromatic rings. The van der Waals surface area contributed by atoms with Gasteiger partial charge in [-0.1, -0.05) is 0 Å². The van der Waals surface area contributed by atoms with Crippen LogP contribution in [0.5, 0.6) is 0 Å². The van der Waals surface area contributed by atoms with Crippen LogP contribution in [-0.2, 0) is 6.54 Å². The number of halogens is 2. The summed E-state index contributed by atoms with van der Waals surface area (Å²) in [6.07, 6.45) is 0. The zero-order valence-corrected chi connectivity index (χ0v) is 8.36. The minimum absolute atomic E-state index is 0.242. The molecule has 0 aliphatic carbocycles. The predicted octanol–water partition coefficient (Wildman–Crippen LogP) is 2.53. The molecule has 2 nitrogen and oxygen atoms in total. The molecule has 0 saturated carbocycles. The summed E-state index contributed by atoms with van der Waals surface area (Å²) in [7, 11) is 0. The molecule has 0 aliphatic heterocycles. The third-order valence-corrected chi connectivity index (χ3v) is 2.70. The van der Waals surface area contributed by atoms with Gasteiger partial charge >= 0.3 is 0 Å². The minimum Gasteiger partial charge on any atom is -0.349 e. The van der Waals surface area contributed by atoms with Crippen molar-refractivity contribution >= 4 is 26.8 Å². The third-order valence-electron chi connectivity index (χ3n) is 2.02. The van der Waals surface area contributed by atoms with Gasteiger partial charge in [-0.25, -0.2) is 4.39 Å². The van der Waals surface area contributed by atoms with Crippen LogP contribution in [0.25, 0.3) is 10.9 Å². The van der Waals surface area contributed by atoms with Crippen LogP contribution < -0.4 is 5.73 Å². The summed E-state index contributed by atoms with van der Waals surface area (Å²) in [5.74, 6) is -0.242. The standard InChI is InChI=1S/C9H8BrFN2/c10-9-7(4-12)6-3-5(11)1-2-8(6)13-9/h1-3,13H,4,12H2. The second-order valence-corrected chi connectivity index (χ2v) is 3.60. The number of H-pyrrole nitrogens is 1. The molecule has 4 heteroatoms. The molecule has 0 atom stereocenters. The van der Waals surface area contributed by atoms with Crippen LogP contribution in [-0.4, -0.2) is 4.98 Å². The smallest absolute Gasteiger partial charge is 0.123 e. The highest BCUT2D eigenvalue weighted by Gasteiger charge is 2.07. The van der Waals surface area contributed by atoms with Crippen LogP contribution in [0.3, 0.4) is 0 Å². The first-order valence-electron chi connectivity index (χ1n) is 3.88. The van der Waals surface area contributed by atoms with E-state index < -0.39 is 0 Å². The van der Waals surface area contributed by atoms with E-state index in [0.717, 1.165) is 21.1 Å². The van der Waals surface area contributed by atoms with Gasteiger partial charge in [-0.2, -0.15) is 0 Å². The predicted molar refractivity (Wildman–Crippen MR) is 53.8 cm³/mol. The molecular formula is C9H8BrFN2. The van der Waals surface area contributed by atoms with Crippen molar-refractivity contribution in [1.82, 2.24) is 4.98 Å². The average Bonchev–Trinajstić information content (AvgIpc) is 2.40. The number of aromatic nitrogens is 1. The lowest BCUT2D eigenvalue weighted by molar-refractivity contribution is 0.629. The molecule has 1 aromatic carbocycles. The molecule has 0 unspecified atom stereocenters. The Kier molecular flexibility index (Phi) is 2.09. The van der Waals surface area contributed by atoms with Gasteiger partial charge in [-0.15, -0.1) is 0 Å². The Hall–Kier alpha value is -0.870. The molecule has 0 bridgehead atoms. The van der Waals surface area contributed by atoms with Crippen molar-refractivity contribution in [3.63, 3.8) is 0 Å². The first kappa shape index (κ1) is 8.72. The fourth-order valence-corrected chi connectivity index (χ4v) is 1.98. The fourth-order valence-electron chi connectivity index (χ4n) is 1.39. The van der Waals surface area contributed by atoms with Crippen LogP contribution >= 0.6 is 15.9 Å². The number of aromatic amines is 1. The van der Waals surface area contributed by atoms with E-state index in [0.29, 0.717) is 6.54 Å². The van der Waals surface area contributed by atoms with Crippen LogP contribution in [0.2, 0.25) is 0 Å². The van der Waals surface area contributed by atoms with E-state index in [1.165, 1.54) is 12.1 Å². The van der Waals surface area contributed by atoms with Gasteiger partial charge in [0, 0.05) is 23.0 Å². The van der Waals surface area contributed by atoms with Crippen molar-refractivity contribution in [1.29, 1.82) is 0 Å². The van der Waals surface area contributed by atoms with Gasteiger partial charge in [0.25, 0.3) is 0 Å². The monoisotopic (exact) mass is 242 g/mol. The number of nitrogens with one attached hydrogen (secondary N) is 1. The number of hydrogen-bond donors (Lipinski definition) is 2. The molecule has 0 saturated heterocycles. The molecule has 0 aliphatic rings. The highest BCUT2D eigenvalue weighted by molar-refractivity contribution is 9.10. The van der Waals surface area contributed by atoms with E-state index >= 15 is 0 Å². The topological polar surface area (TPSA) is 41.8 Å². The van der Waals surface area contributed by atoms with Gasteiger partial charge in [0.05, 0.1) is 4.60 Å². The Morgan fingerprint density at radius 2 is 2.23 bits per heavy atom. The van der Waals surface area contributed by atoms with Crippen LogP contribution in [0.15, 0.2) is 22.8 Å². The van der Waals surface area contributed by atoms with Crippen molar-refractivity contribution in [2.45, 2.75) is 6.54 Å². The summed E-state index contributed by atoms with van der Waals surface area (Å²) in [6.45, 7) is 0.393. The molecule has 2 rings (SSSR count). The van der Waals surface area contributed by atoms with Gasteiger partial charge in [0.2, 0.25) is 0 Å². The van der Waals surface area contributed by atoms with E-state index in [-0.39, 0.29) is 5.82 Å². The highest BCUT2D eigenvalue weighted by Crippen LogP contribution is 2.26. The Labute approximate surface area is 83.1 Å². The molecule has 0 amide bonds. The maximum Gasteiger partial charge on any atom is 0.123 e. The van der Waals surface area contributed by atoms with Gasteiger partial charge in [0.15, 0.2) is 0 Å². The molecule has 0 spiro atoms. The lowest BCUT2D eigenvalue weighted by Crippen LogP contribution is -1.95. The largest absolute Gasteiger partial charge is 0.349 e. The van der Waals surface area contributed by atoms with E-state index in [1.54, 1.807) is 6.07 Å². The normalized spacial score (nSPS) is 11.0. The van der Waals surface area contributed by atoms with Crippen LogP contribution in [0.1, 0.15) is 5.56 Å². The van der Waals surface area contributed by atoms with E-state index in [4.69, 9.17) is 5.73 Å². The maximum atomic E-state index is 12.9. The molecule has 1 heterocycles. The summed E-state index contributed by atoms with van der Waals surface area (Å²) in [5, 5.41) is 0.842. The SMILES string of the molecule is NCc1c(Br)[nH]c2ccc(F)cc12. The van der Waals surface area contributed by atoms with Gasteiger partial charge in [-0.3, -0.25) is 0 Å². The number of fused-ring (bicyclic) bond motifs is 1. The number of nitrogens with two attached hydrogens (primary N) is 1. The van der Waals surface area contributed by atoms with Crippen molar-refractivity contribution in [3.8, 4) is 0 Å². The van der Waals surface area contributed by atoms with Crippen molar-refractivity contribution < 1.29 is 4.39 Å². The molecule has 1 aromatic heterocycles. The Bertz CT molecular complexity index is 450. The summed E-state index contributed by atoms with van der Waals surface area (Å²) in [5.41, 5.74) is 7.35. The first-order chi connectivity index (χ1) is 6.22. The summed E-state index contributed by atoms with van der Waals surface area (Å²) < 4.78 is 13.7. The summed E-state index contributed by atoms with van der Waals surface area (Å²) in [6, 6.07) is 4.61. The molecule has 3 N–H and O–H groups in total. The highest BCUT2D eigenvalue weighted by atomic mass is 79.9. The molecule has 68 valence electrons. The summed E-state index contributed by atoms with van der Waals surface area (Å²) in [4.78, 5) is 3.08. The second-order valence-electron chi connectivity index (χ2n) is 2.81. The van der Waals surface area contributed by atoms with Crippen molar-refractivity contribution in [3.05, 3.63) is 34.2 Å². The van der Waals surface area contributed by atoms with Gasteiger partial charge < -0.3 is 10.7 Å². The third kappa shape index (κ3) is 1.36. The lowest BCUT2D eigenvalue weighted by atomic mass is 10.2. The second kappa shape index (κ2) is 3.12. The van der Waals surface area contributed by atoms with Crippen molar-refractivity contribution in [2.24, 2.45) is 5.73 Å². The van der Waals surface area contributed by atoms with E-state index in [9.17, 15) is 4.39 Å². The number of rotatable bonds is 1. The van der Waals surface area contributed by atoms with Gasteiger partial charge in [0.1, 0.15) is 5.82 Å². The Balaban J connectivity index is 2.80. The average molecular weight is 243 g/mol. The quantitative estimate of drug-likeness (QED) is 0.793. The van der Waals surface area contributed by atoms with E-state index in [1.807, 2.05) is 0 Å². The first-order valence-corrected chi connectivity index (χ1v) is 4.67. The molecule has 0 radical (unpaired) electrons. The number of benzene rings is 1. The minimum atomic E-state index is -0.242.